The second kappa shape index (κ2) is 8.54. The molecule has 2 rings (SSSR count). The van der Waals surface area contributed by atoms with Crippen molar-refractivity contribution in [2.75, 3.05) is 5.32 Å². The van der Waals surface area contributed by atoms with Gasteiger partial charge in [0.05, 0.1) is 15.7 Å². The molecule has 0 fully saturated rings. The first-order chi connectivity index (χ1) is 12.7. The largest absolute Gasteiger partial charge is 0.417 e. The lowest BCUT2D eigenvalue weighted by Crippen LogP contribution is -2.24. The zero-order chi connectivity index (χ0) is 20.0. The van der Waals surface area contributed by atoms with Crippen molar-refractivity contribution in [3.8, 4) is 0 Å². The normalized spacial score (nSPS) is 12.6. The van der Waals surface area contributed by atoms with Crippen LogP contribution in [0.15, 0.2) is 59.2 Å². The van der Waals surface area contributed by atoms with E-state index in [0.717, 1.165) is 18.3 Å². The number of amides is 1. The molecule has 7 nitrogen and oxygen atoms in total. The van der Waals surface area contributed by atoms with Crippen LogP contribution in [0.3, 0.4) is 0 Å². The Hall–Kier alpha value is -3.08. The van der Waals surface area contributed by atoms with E-state index >= 15 is 0 Å². The maximum Gasteiger partial charge on any atom is 0.417 e. The van der Waals surface area contributed by atoms with E-state index in [-0.39, 0.29) is 22.9 Å². The first kappa shape index (κ1) is 20.2. The van der Waals surface area contributed by atoms with Crippen LogP contribution < -0.4 is 22.1 Å². The number of nitrogens with zero attached hydrogens (tertiary/aromatic N) is 2. The molecule has 0 aliphatic heterocycles. The number of allylic oxidation sites excluding steroid dienone is 1. The Morgan fingerprint density at radius 3 is 2.41 bits per heavy atom. The molecule has 0 saturated heterocycles. The van der Waals surface area contributed by atoms with E-state index < -0.39 is 17.6 Å². The molecule has 0 radical (unpaired) electrons. The molecule has 0 bridgehead atoms. The van der Waals surface area contributed by atoms with Crippen LogP contribution in [0.4, 0.5) is 24.8 Å². The molecule has 27 heavy (non-hydrogen) atoms. The lowest BCUT2D eigenvalue weighted by atomic mass is 10.2. The number of halogens is 4. The maximum atomic E-state index is 12.6. The third-order valence-corrected chi connectivity index (χ3v) is 3.88. The van der Waals surface area contributed by atoms with Crippen molar-refractivity contribution in [2.24, 2.45) is 11.5 Å². The minimum absolute atomic E-state index is 0.143. The number of nitrogens with two attached hydrogens (primary N) is 2. The fraction of sp³-hybridized carbons (Fsp3) is 0.0625. The van der Waals surface area contributed by atoms with Crippen molar-refractivity contribution >= 4 is 33.5 Å². The number of hydrogen-bond acceptors (Lipinski definition) is 6. The molecular formula is C16H14BrF3N6O. The molecule has 2 heterocycles. The number of rotatable bonds is 5. The zero-order valence-electron chi connectivity index (χ0n) is 13.6. The van der Waals surface area contributed by atoms with Crippen LogP contribution in [-0.2, 0) is 6.18 Å². The van der Waals surface area contributed by atoms with Crippen molar-refractivity contribution < 1.29 is 18.0 Å². The average Bonchev–Trinajstić information content (AvgIpc) is 2.65. The molecule has 0 spiro atoms. The molecule has 1 amide bonds. The van der Waals surface area contributed by atoms with Gasteiger partial charge in [0.15, 0.2) is 0 Å². The van der Waals surface area contributed by atoms with Crippen molar-refractivity contribution in [2.45, 2.75) is 6.18 Å². The van der Waals surface area contributed by atoms with Crippen LogP contribution in [-0.4, -0.2) is 15.9 Å². The van der Waals surface area contributed by atoms with Gasteiger partial charge >= 0.3 is 6.18 Å². The Labute approximate surface area is 160 Å². The third kappa shape index (κ3) is 5.45. The van der Waals surface area contributed by atoms with E-state index in [1.54, 1.807) is 0 Å². The smallest absolute Gasteiger partial charge is 0.404 e. The number of anilines is 2. The van der Waals surface area contributed by atoms with Gasteiger partial charge in [0.2, 0.25) is 0 Å². The second-order valence-corrected chi connectivity index (χ2v) is 5.89. The van der Waals surface area contributed by atoms with E-state index in [2.05, 4.69) is 36.5 Å². The van der Waals surface area contributed by atoms with Crippen molar-refractivity contribution in [3.05, 3.63) is 70.4 Å². The summed E-state index contributed by atoms with van der Waals surface area (Å²) in [6.45, 7) is 0. The van der Waals surface area contributed by atoms with Crippen LogP contribution in [0.1, 0.15) is 15.9 Å². The Morgan fingerprint density at radius 1 is 1.11 bits per heavy atom. The summed E-state index contributed by atoms with van der Waals surface area (Å²) < 4.78 is 38.1. The lowest BCUT2D eigenvalue weighted by molar-refractivity contribution is -0.137. The van der Waals surface area contributed by atoms with Crippen LogP contribution in [0.5, 0.6) is 0 Å². The quantitative estimate of drug-likeness (QED) is 0.528. The molecule has 0 saturated carbocycles. The molecule has 0 unspecified atom stereocenters. The van der Waals surface area contributed by atoms with E-state index in [1.165, 1.54) is 24.5 Å². The molecule has 11 heteroatoms. The van der Waals surface area contributed by atoms with Gasteiger partial charge in [0.25, 0.3) is 5.91 Å². The minimum atomic E-state index is -4.47. The summed E-state index contributed by atoms with van der Waals surface area (Å²) in [7, 11) is 0. The molecule has 142 valence electrons. The Morgan fingerprint density at radius 2 is 1.85 bits per heavy atom. The summed E-state index contributed by atoms with van der Waals surface area (Å²) in [5.74, 6) is -0.123. The number of pyridine rings is 2. The van der Waals surface area contributed by atoms with Gasteiger partial charge in [-0.05, 0) is 40.2 Å². The topological polar surface area (TPSA) is 119 Å². The van der Waals surface area contributed by atoms with Gasteiger partial charge in [0, 0.05) is 30.4 Å². The summed E-state index contributed by atoms with van der Waals surface area (Å²) in [6, 6.07) is 4.91. The highest BCUT2D eigenvalue weighted by molar-refractivity contribution is 9.12. The highest BCUT2D eigenvalue weighted by Crippen LogP contribution is 2.29. The summed E-state index contributed by atoms with van der Waals surface area (Å²) in [6.07, 6.45) is -0.0241. The first-order valence-corrected chi connectivity index (χ1v) is 8.11. The zero-order valence-corrected chi connectivity index (χ0v) is 15.2. The first-order valence-electron chi connectivity index (χ1n) is 7.32. The predicted molar refractivity (Wildman–Crippen MR) is 97.7 cm³/mol. The molecule has 6 N–H and O–H groups in total. The SMILES string of the molecule is N/C=C(Br)\C(=C/N)NC(=O)c1ccnc(Nc2ccc(C(F)(F)F)cn2)c1. The number of nitrogens with one attached hydrogen (secondary N) is 2. The highest BCUT2D eigenvalue weighted by Gasteiger charge is 2.30. The minimum Gasteiger partial charge on any atom is -0.404 e. The number of aromatic nitrogens is 2. The van der Waals surface area contributed by atoms with Crippen LogP contribution in [0.25, 0.3) is 0 Å². The molecule has 0 aliphatic carbocycles. The number of carbonyl (C=O) groups is 1. The number of hydrogen-bond donors (Lipinski definition) is 4. The van der Waals surface area contributed by atoms with Gasteiger partial charge in [-0.2, -0.15) is 13.2 Å². The van der Waals surface area contributed by atoms with Gasteiger partial charge in [-0.25, -0.2) is 9.97 Å². The van der Waals surface area contributed by atoms with Gasteiger partial charge in [-0.15, -0.1) is 0 Å². The summed E-state index contributed by atoms with van der Waals surface area (Å²) in [5.41, 5.74) is 10.4. The Balaban J connectivity index is 2.14. The molecule has 0 atom stereocenters. The van der Waals surface area contributed by atoms with Gasteiger partial charge < -0.3 is 22.1 Å². The summed E-state index contributed by atoms with van der Waals surface area (Å²) in [5, 5.41) is 5.28. The van der Waals surface area contributed by atoms with Crippen molar-refractivity contribution in [1.29, 1.82) is 0 Å². The molecule has 0 aliphatic rings. The fourth-order valence-corrected chi connectivity index (χ4v) is 2.10. The van der Waals surface area contributed by atoms with E-state index in [4.69, 9.17) is 11.5 Å². The molecule has 2 aromatic heterocycles. The Bertz CT molecular complexity index is 880. The maximum absolute atomic E-state index is 12.6. The van der Waals surface area contributed by atoms with Crippen molar-refractivity contribution in [1.82, 2.24) is 15.3 Å². The van der Waals surface area contributed by atoms with Crippen LogP contribution in [0, 0.1) is 0 Å². The highest BCUT2D eigenvalue weighted by atomic mass is 79.9. The van der Waals surface area contributed by atoms with E-state index in [1.807, 2.05) is 0 Å². The summed E-state index contributed by atoms with van der Waals surface area (Å²) >= 11 is 3.14. The second-order valence-electron chi connectivity index (χ2n) is 5.03. The number of alkyl halides is 3. The van der Waals surface area contributed by atoms with Crippen LogP contribution in [0.2, 0.25) is 0 Å². The lowest BCUT2D eigenvalue weighted by Gasteiger charge is -2.10. The predicted octanol–water partition coefficient (Wildman–Crippen LogP) is 2.96. The monoisotopic (exact) mass is 442 g/mol. The van der Waals surface area contributed by atoms with Gasteiger partial charge in [-0.3, -0.25) is 4.79 Å². The van der Waals surface area contributed by atoms with Crippen molar-refractivity contribution in [3.63, 3.8) is 0 Å². The fourth-order valence-electron chi connectivity index (χ4n) is 1.87. The van der Waals surface area contributed by atoms with Gasteiger partial charge in [0.1, 0.15) is 11.6 Å². The van der Waals surface area contributed by atoms with Crippen LogP contribution >= 0.6 is 15.9 Å². The standard InChI is InChI=1S/C16H14BrF3N6O/c17-11(6-21)12(7-22)25-15(27)9-3-4-23-14(5-9)26-13-2-1-10(8-24-13)16(18,19)20/h1-8H,21-22H2,(H,25,27)(H,23,24,26)/b11-6+,12-7+. The molecule has 2 aromatic rings. The number of carbonyl (C=O) groups excluding carboxylic acids is 1. The summed E-state index contributed by atoms with van der Waals surface area (Å²) in [4.78, 5) is 20.0. The molecular weight excluding hydrogens is 429 g/mol. The average molecular weight is 443 g/mol. The Kier molecular flexibility index (Phi) is 6.40. The third-order valence-electron chi connectivity index (χ3n) is 3.19. The van der Waals surface area contributed by atoms with E-state index in [9.17, 15) is 18.0 Å². The van der Waals surface area contributed by atoms with Gasteiger partial charge in [-0.1, -0.05) is 0 Å². The molecule has 0 aromatic carbocycles. The van der Waals surface area contributed by atoms with E-state index in [0.29, 0.717) is 10.7 Å².